The topological polar surface area (TPSA) is 72.9 Å². The van der Waals surface area contributed by atoms with E-state index in [0.29, 0.717) is 30.0 Å². The summed E-state index contributed by atoms with van der Waals surface area (Å²) in [4.78, 5) is 38.4. The van der Waals surface area contributed by atoms with Crippen molar-refractivity contribution < 1.29 is 28.2 Å². The maximum absolute atomic E-state index is 13.0. The van der Waals surface area contributed by atoms with Crippen LogP contribution >= 0.6 is 0 Å². The predicted octanol–water partition coefficient (Wildman–Crippen LogP) is 3.54. The Kier molecular flexibility index (Phi) is 5.96. The second kappa shape index (κ2) is 8.43. The van der Waals surface area contributed by atoms with Crippen LogP contribution in [-0.2, 0) is 14.3 Å². The summed E-state index contributed by atoms with van der Waals surface area (Å²) in [5, 5.41) is 0. The smallest absolute Gasteiger partial charge is 0.350 e. The number of ether oxygens (including phenoxy) is 2. The Morgan fingerprint density at radius 1 is 1.14 bits per heavy atom. The molecule has 3 rings (SSSR count). The maximum atomic E-state index is 13.0. The van der Waals surface area contributed by atoms with E-state index in [4.69, 9.17) is 9.47 Å². The average molecular weight is 399 g/mol. The highest BCUT2D eigenvalue weighted by atomic mass is 19.1. The number of hydrogen-bond donors (Lipinski definition) is 0. The summed E-state index contributed by atoms with van der Waals surface area (Å²) in [5.74, 6) is -1.19. The molecular formula is C22H22FNO5. The first-order chi connectivity index (χ1) is 13.8. The van der Waals surface area contributed by atoms with Crippen LogP contribution in [0.5, 0.6) is 5.75 Å². The van der Waals surface area contributed by atoms with Crippen LogP contribution in [0.25, 0.3) is 0 Å². The Balaban J connectivity index is 1.60. The second-order valence-electron chi connectivity index (χ2n) is 7.26. The molecule has 2 aromatic carbocycles. The minimum Gasteiger partial charge on any atom is -0.476 e. The Morgan fingerprint density at radius 3 is 2.52 bits per heavy atom. The van der Waals surface area contributed by atoms with Crippen molar-refractivity contribution in [2.75, 3.05) is 18.1 Å². The molecular weight excluding hydrogens is 377 g/mol. The van der Waals surface area contributed by atoms with Crippen molar-refractivity contribution in [3.63, 3.8) is 0 Å². The van der Waals surface area contributed by atoms with Gasteiger partial charge < -0.3 is 14.4 Å². The molecule has 1 amide bonds. The van der Waals surface area contributed by atoms with E-state index in [9.17, 15) is 18.8 Å². The quantitative estimate of drug-likeness (QED) is 0.526. The summed E-state index contributed by atoms with van der Waals surface area (Å²) in [6, 6.07) is 11.9. The molecule has 1 aliphatic rings. The first-order valence-electron chi connectivity index (χ1n) is 9.32. The molecule has 29 heavy (non-hydrogen) atoms. The van der Waals surface area contributed by atoms with Gasteiger partial charge in [-0.25, -0.2) is 9.18 Å². The van der Waals surface area contributed by atoms with Crippen LogP contribution in [-0.4, -0.2) is 36.4 Å². The van der Waals surface area contributed by atoms with Crippen LogP contribution in [0.4, 0.5) is 10.1 Å². The fourth-order valence-electron chi connectivity index (χ4n) is 3.00. The zero-order chi connectivity index (χ0) is 21.0. The molecule has 0 N–H and O–H groups in total. The Labute approximate surface area is 168 Å². The standard InChI is InChI=1S/C22H22FNO5/c1-22(2,29-18-10-8-16(23)9-11-18)21(27)28-14-19(25)15-5-3-6-17(13-15)24-12-4-7-20(24)26/h3,5-6,8-11,13H,4,7,12,14H2,1-2H3. The SMILES string of the molecule is CC(C)(Oc1ccc(F)cc1)C(=O)OCC(=O)c1cccc(N2CCCC2=O)c1. The van der Waals surface area contributed by atoms with Crippen molar-refractivity contribution in [2.24, 2.45) is 0 Å². The molecule has 0 saturated carbocycles. The molecule has 1 heterocycles. The van der Waals surface area contributed by atoms with Gasteiger partial charge in [-0.15, -0.1) is 0 Å². The minimum absolute atomic E-state index is 0.0284. The van der Waals surface area contributed by atoms with E-state index >= 15 is 0 Å². The number of nitrogens with zero attached hydrogens (tertiary/aromatic N) is 1. The number of carbonyl (C=O) groups excluding carboxylic acids is 3. The number of benzene rings is 2. The summed E-state index contributed by atoms with van der Waals surface area (Å²) in [5.41, 5.74) is -0.348. The Morgan fingerprint density at radius 2 is 1.86 bits per heavy atom. The number of ketones is 1. The van der Waals surface area contributed by atoms with E-state index in [1.165, 1.54) is 38.1 Å². The minimum atomic E-state index is -1.36. The van der Waals surface area contributed by atoms with Gasteiger partial charge in [0.15, 0.2) is 18.0 Å². The Bertz CT molecular complexity index is 923. The highest BCUT2D eigenvalue weighted by molar-refractivity contribution is 6.01. The summed E-state index contributed by atoms with van der Waals surface area (Å²) in [6.45, 7) is 3.18. The lowest BCUT2D eigenvalue weighted by Crippen LogP contribution is -2.40. The zero-order valence-corrected chi connectivity index (χ0v) is 16.3. The second-order valence-corrected chi connectivity index (χ2v) is 7.26. The first-order valence-corrected chi connectivity index (χ1v) is 9.32. The number of anilines is 1. The van der Waals surface area contributed by atoms with Gasteiger partial charge in [0.2, 0.25) is 5.91 Å². The van der Waals surface area contributed by atoms with E-state index in [1.807, 2.05) is 0 Å². The van der Waals surface area contributed by atoms with Gasteiger partial charge in [-0.2, -0.15) is 0 Å². The normalized spacial score (nSPS) is 14.0. The molecule has 152 valence electrons. The third-order valence-corrected chi connectivity index (χ3v) is 4.57. The zero-order valence-electron chi connectivity index (χ0n) is 16.3. The molecule has 0 radical (unpaired) electrons. The largest absolute Gasteiger partial charge is 0.476 e. The predicted molar refractivity (Wildman–Crippen MR) is 104 cm³/mol. The van der Waals surface area contributed by atoms with Crippen LogP contribution in [0.2, 0.25) is 0 Å². The lowest BCUT2D eigenvalue weighted by molar-refractivity contribution is -0.158. The molecule has 0 spiro atoms. The molecule has 0 aliphatic carbocycles. The number of carbonyl (C=O) groups is 3. The van der Waals surface area contributed by atoms with E-state index in [1.54, 1.807) is 29.2 Å². The third kappa shape index (κ3) is 4.99. The van der Waals surface area contributed by atoms with Gasteiger partial charge >= 0.3 is 5.97 Å². The number of hydrogen-bond acceptors (Lipinski definition) is 5. The number of halogens is 1. The molecule has 1 aliphatic heterocycles. The molecule has 0 atom stereocenters. The highest BCUT2D eigenvalue weighted by Gasteiger charge is 2.32. The Hall–Kier alpha value is -3.22. The van der Waals surface area contributed by atoms with Gasteiger partial charge in [-0.1, -0.05) is 12.1 Å². The van der Waals surface area contributed by atoms with Gasteiger partial charge in [-0.05, 0) is 56.7 Å². The van der Waals surface area contributed by atoms with Crippen molar-refractivity contribution in [2.45, 2.75) is 32.3 Å². The number of amides is 1. The summed E-state index contributed by atoms with van der Waals surface area (Å²) in [6.07, 6.45) is 1.29. The monoisotopic (exact) mass is 399 g/mol. The molecule has 7 heteroatoms. The molecule has 1 fully saturated rings. The van der Waals surface area contributed by atoms with Crippen LogP contribution in [0.15, 0.2) is 48.5 Å². The van der Waals surface area contributed by atoms with E-state index in [0.717, 1.165) is 6.42 Å². The van der Waals surface area contributed by atoms with Gasteiger partial charge in [0.05, 0.1) is 0 Å². The lowest BCUT2D eigenvalue weighted by atomic mass is 10.1. The van der Waals surface area contributed by atoms with E-state index < -0.39 is 24.0 Å². The van der Waals surface area contributed by atoms with Crippen molar-refractivity contribution in [3.05, 3.63) is 59.9 Å². The van der Waals surface area contributed by atoms with Crippen molar-refractivity contribution in [1.29, 1.82) is 0 Å². The van der Waals surface area contributed by atoms with Gasteiger partial charge in [-0.3, -0.25) is 9.59 Å². The van der Waals surface area contributed by atoms with E-state index in [-0.39, 0.29) is 11.7 Å². The molecule has 0 unspecified atom stereocenters. The van der Waals surface area contributed by atoms with Crippen LogP contribution in [0, 0.1) is 5.82 Å². The third-order valence-electron chi connectivity index (χ3n) is 4.57. The summed E-state index contributed by atoms with van der Waals surface area (Å²) >= 11 is 0. The maximum Gasteiger partial charge on any atom is 0.350 e. The number of rotatable bonds is 7. The highest BCUT2D eigenvalue weighted by Crippen LogP contribution is 2.23. The van der Waals surface area contributed by atoms with Crippen molar-refractivity contribution in [1.82, 2.24) is 0 Å². The van der Waals surface area contributed by atoms with Crippen molar-refractivity contribution in [3.8, 4) is 5.75 Å². The molecule has 6 nitrogen and oxygen atoms in total. The van der Waals surface area contributed by atoms with Gasteiger partial charge in [0, 0.05) is 24.2 Å². The van der Waals surface area contributed by atoms with Crippen molar-refractivity contribution >= 4 is 23.3 Å². The van der Waals surface area contributed by atoms with Gasteiger partial charge in [0.25, 0.3) is 0 Å². The van der Waals surface area contributed by atoms with Gasteiger partial charge in [0.1, 0.15) is 11.6 Å². The van der Waals surface area contributed by atoms with Crippen LogP contribution < -0.4 is 9.64 Å². The fourth-order valence-corrected chi connectivity index (χ4v) is 3.00. The van der Waals surface area contributed by atoms with Crippen LogP contribution in [0.1, 0.15) is 37.0 Å². The number of esters is 1. The molecule has 2 aromatic rings. The number of Topliss-reactive ketones (excluding diaryl/α,β-unsaturated/α-hetero) is 1. The summed E-state index contributed by atoms with van der Waals surface area (Å²) in [7, 11) is 0. The van der Waals surface area contributed by atoms with Crippen LogP contribution in [0.3, 0.4) is 0 Å². The fraction of sp³-hybridized carbons (Fsp3) is 0.318. The first kappa shape index (κ1) is 20.5. The van der Waals surface area contributed by atoms with E-state index in [2.05, 4.69) is 0 Å². The lowest BCUT2D eigenvalue weighted by Gasteiger charge is -2.24. The molecule has 0 aromatic heterocycles. The molecule has 0 bridgehead atoms. The molecule has 1 saturated heterocycles. The average Bonchev–Trinajstić information content (AvgIpc) is 3.13. The summed E-state index contributed by atoms with van der Waals surface area (Å²) < 4.78 is 23.7.